The van der Waals surface area contributed by atoms with Crippen molar-refractivity contribution in [3.8, 4) is 5.75 Å². The maximum Gasteiger partial charge on any atom is 0.214 e. The molecule has 0 atom stereocenters. The summed E-state index contributed by atoms with van der Waals surface area (Å²) in [6, 6.07) is 11.3. The molecule has 0 aliphatic rings. The van der Waals surface area contributed by atoms with Gasteiger partial charge in [-0.2, -0.15) is 0 Å². The minimum absolute atomic E-state index is 0.320. The van der Waals surface area contributed by atoms with Crippen molar-refractivity contribution in [2.45, 2.75) is 0 Å². The Morgan fingerprint density at radius 3 is 2.56 bits per heavy atom. The SMILES string of the molecule is C=Cc1ccccc1N=CCN(C=O)c1cc(OC)c(Br)cc1C=C. The molecule has 0 saturated carbocycles. The Balaban J connectivity index is 2.28. The minimum Gasteiger partial charge on any atom is -0.495 e. The normalized spacial score (nSPS) is 10.5. The molecule has 0 saturated heterocycles. The zero-order valence-corrected chi connectivity index (χ0v) is 15.6. The van der Waals surface area contributed by atoms with Crippen LogP contribution >= 0.6 is 15.9 Å². The van der Waals surface area contributed by atoms with Gasteiger partial charge in [-0.15, -0.1) is 0 Å². The van der Waals surface area contributed by atoms with Crippen molar-refractivity contribution in [2.75, 3.05) is 18.6 Å². The third-order valence-corrected chi connectivity index (χ3v) is 4.24. The summed E-state index contributed by atoms with van der Waals surface area (Å²) in [6.45, 7) is 7.91. The van der Waals surface area contributed by atoms with Gasteiger partial charge in [-0.25, -0.2) is 0 Å². The van der Waals surface area contributed by atoms with Gasteiger partial charge in [-0.1, -0.05) is 43.5 Å². The summed E-state index contributed by atoms with van der Waals surface area (Å²) in [7, 11) is 1.58. The van der Waals surface area contributed by atoms with Crippen LogP contribution in [-0.2, 0) is 4.79 Å². The first kappa shape index (κ1) is 18.7. The van der Waals surface area contributed by atoms with Gasteiger partial charge in [0.15, 0.2) is 0 Å². The first-order valence-corrected chi connectivity index (χ1v) is 8.39. The largest absolute Gasteiger partial charge is 0.495 e. The number of ether oxygens (including phenoxy) is 1. The van der Waals surface area contributed by atoms with Crippen molar-refractivity contribution in [3.63, 3.8) is 0 Å². The maximum atomic E-state index is 11.6. The van der Waals surface area contributed by atoms with E-state index in [2.05, 4.69) is 34.1 Å². The highest BCUT2D eigenvalue weighted by Gasteiger charge is 2.12. The molecule has 5 heteroatoms. The Kier molecular flexibility index (Phi) is 6.71. The van der Waals surface area contributed by atoms with E-state index in [1.807, 2.05) is 30.3 Å². The topological polar surface area (TPSA) is 41.9 Å². The van der Waals surface area contributed by atoms with Crippen LogP contribution in [0.5, 0.6) is 5.75 Å². The first-order valence-electron chi connectivity index (χ1n) is 7.60. The number of hydrogen-bond donors (Lipinski definition) is 0. The Morgan fingerprint density at radius 1 is 1.20 bits per heavy atom. The van der Waals surface area contributed by atoms with E-state index in [9.17, 15) is 4.79 Å². The molecule has 0 radical (unpaired) electrons. The molecule has 0 aliphatic heterocycles. The van der Waals surface area contributed by atoms with Gasteiger partial charge in [0.2, 0.25) is 6.41 Å². The third kappa shape index (κ3) is 4.45. The Labute approximate surface area is 156 Å². The van der Waals surface area contributed by atoms with Gasteiger partial charge < -0.3 is 9.64 Å². The number of aliphatic imine (C=N–C) groups is 1. The van der Waals surface area contributed by atoms with E-state index in [0.29, 0.717) is 18.0 Å². The van der Waals surface area contributed by atoms with E-state index in [-0.39, 0.29) is 0 Å². The minimum atomic E-state index is 0.320. The van der Waals surface area contributed by atoms with Gasteiger partial charge in [0, 0.05) is 12.3 Å². The summed E-state index contributed by atoms with van der Waals surface area (Å²) in [4.78, 5) is 17.6. The van der Waals surface area contributed by atoms with Gasteiger partial charge in [0.25, 0.3) is 0 Å². The number of carbonyl (C=O) groups is 1. The molecular formula is C20H19BrN2O2. The van der Waals surface area contributed by atoms with E-state index >= 15 is 0 Å². The van der Waals surface area contributed by atoms with Gasteiger partial charge in [0.05, 0.1) is 29.5 Å². The number of carbonyl (C=O) groups excluding carboxylic acids is 1. The van der Waals surface area contributed by atoms with Crippen molar-refractivity contribution in [2.24, 2.45) is 4.99 Å². The summed E-state index contributed by atoms with van der Waals surface area (Å²) in [5, 5.41) is 0. The molecule has 2 rings (SSSR count). The average Bonchev–Trinajstić information content (AvgIpc) is 2.65. The van der Waals surface area contributed by atoms with Crippen molar-refractivity contribution >= 4 is 52.1 Å². The standard InChI is InChI=1S/C20H19BrN2O2/c1-4-15-8-6-7-9-18(15)22-10-11-23(14-24)19-13-20(25-3)17(21)12-16(19)5-2/h4-10,12-14H,1-2,11H2,3H3. The van der Waals surface area contributed by atoms with Crippen LogP contribution in [0.2, 0.25) is 0 Å². The number of hydrogen-bond acceptors (Lipinski definition) is 3. The number of rotatable bonds is 8. The second-order valence-corrected chi connectivity index (χ2v) is 5.94. The molecule has 25 heavy (non-hydrogen) atoms. The third-order valence-electron chi connectivity index (χ3n) is 3.62. The monoisotopic (exact) mass is 398 g/mol. The van der Waals surface area contributed by atoms with Crippen LogP contribution in [0.25, 0.3) is 12.2 Å². The summed E-state index contributed by atoms with van der Waals surface area (Å²) in [5.41, 5.74) is 3.27. The summed E-state index contributed by atoms with van der Waals surface area (Å²) >= 11 is 3.44. The van der Waals surface area contributed by atoms with E-state index in [0.717, 1.165) is 27.7 Å². The fraction of sp³-hybridized carbons (Fsp3) is 0.100. The van der Waals surface area contributed by atoms with Crippen LogP contribution in [0.4, 0.5) is 11.4 Å². The molecule has 0 N–H and O–H groups in total. The van der Waals surface area contributed by atoms with E-state index in [1.165, 1.54) is 0 Å². The van der Waals surface area contributed by atoms with E-state index in [1.54, 1.807) is 36.4 Å². The second kappa shape index (κ2) is 8.99. The fourth-order valence-electron chi connectivity index (χ4n) is 2.33. The molecule has 128 valence electrons. The fourth-order valence-corrected chi connectivity index (χ4v) is 2.85. The molecule has 1 amide bonds. The van der Waals surface area contributed by atoms with Crippen molar-refractivity contribution in [1.82, 2.24) is 0 Å². The van der Waals surface area contributed by atoms with Crippen molar-refractivity contribution < 1.29 is 9.53 Å². The highest BCUT2D eigenvalue weighted by molar-refractivity contribution is 9.10. The van der Waals surface area contributed by atoms with Crippen molar-refractivity contribution in [1.29, 1.82) is 0 Å². The number of para-hydroxylation sites is 1. The Bertz CT molecular complexity index is 815. The summed E-state index contributed by atoms with van der Waals surface area (Å²) < 4.78 is 6.11. The summed E-state index contributed by atoms with van der Waals surface area (Å²) in [5.74, 6) is 0.640. The highest BCUT2D eigenvalue weighted by Crippen LogP contribution is 2.33. The quantitative estimate of drug-likeness (QED) is 0.457. The first-order chi connectivity index (χ1) is 12.1. The van der Waals surface area contributed by atoms with Gasteiger partial charge in [-0.05, 0) is 39.2 Å². The zero-order valence-electron chi connectivity index (χ0n) is 14.0. The Hall–Kier alpha value is -2.66. The molecule has 2 aromatic carbocycles. The lowest BCUT2D eigenvalue weighted by Gasteiger charge is -2.19. The molecule has 0 heterocycles. The second-order valence-electron chi connectivity index (χ2n) is 5.08. The predicted molar refractivity (Wildman–Crippen MR) is 109 cm³/mol. The van der Waals surface area contributed by atoms with E-state index < -0.39 is 0 Å². The number of methoxy groups -OCH3 is 1. The summed E-state index contributed by atoms with van der Waals surface area (Å²) in [6.07, 6.45) is 5.90. The molecule has 0 aliphatic carbocycles. The molecule has 4 nitrogen and oxygen atoms in total. The molecule has 0 bridgehead atoms. The van der Waals surface area contributed by atoms with Crippen LogP contribution in [0.1, 0.15) is 11.1 Å². The van der Waals surface area contributed by atoms with Gasteiger partial charge >= 0.3 is 0 Å². The lowest BCUT2D eigenvalue weighted by Crippen LogP contribution is -2.24. The molecule has 0 aromatic heterocycles. The zero-order chi connectivity index (χ0) is 18.2. The maximum absolute atomic E-state index is 11.6. The van der Waals surface area contributed by atoms with Gasteiger partial charge in [-0.3, -0.25) is 9.79 Å². The molecule has 0 spiro atoms. The average molecular weight is 399 g/mol. The molecule has 0 fully saturated rings. The molecular weight excluding hydrogens is 380 g/mol. The number of anilines is 1. The number of halogens is 1. The van der Waals surface area contributed by atoms with E-state index in [4.69, 9.17) is 4.74 Å². The lowest BCUT2D eigenvalue weighted by molar-refractivity contribution is -0.107. The van der Waals surface area contributed by atoms with Crippen LogP contribution in [0, 0.1) is 0 Å². The number of nitrogens with zero attached hydrogens (tertiary/aromatic N) is 2. The molecule has 0 unspecified atom stereocenters. The van der Waals surface area contributed by atoms with Gasteiger partial charge in [0.1, 0.15) is 5.75 Å². The van der Waals surface area contributed by atoms with Crippen LogP contribution in [0.3, 0.4) is 0 Å². The van der Waals surface area contributed by atoms with Crippen LogP contribution < -0.4 is 9.64 Å². The van der Waals surface area contributed by atoms with Crippen LogP contribution in [0.15, 0.2) is 59.0 Å². The molecule has 2 aromatic rings. The number of benzene rings is 2. The smallest absolute Gasteiger partial charge is 0.214 e. The highest BCUT2D eigenvalue weighted by atomic mass is 79.9. The number of amides is 1. The Morgan fingerprint density at radius 2 is 1.92 bits per heavy atom. The van der Waals surface area contributed by atoms with Crippen LogP contribution in [-0.4, -0.2) is 26.3 Å². The lowest BCUT2D eigenvalue weighted by atomic mass is 10.1. The predicted octanol–water partition coefficient (Wildman–Crippen LogP) is 5.11. The van der Waals surface area contributed by atoms with Crippen molar-refractivity contribution in [3.05, 3.63) is 65.2 Å².